The van der Waals surface area contributed by atoms with Crippen molar-refractivity contribution >= 4 is 17.8 Å². The number of nitrogens with zero attached hydrogens (tertiary/aromatic N) is 3. The highest BCUT2D eigenvalue weighted by atomic mass is 16.5. The van der Waals surface area contributed by atoms with Crippen molar-refractivity contribution in [2.45, 2.75) is 20.0 Å². The molecule has 33 heavy (non-hydrogen) atoms. The molecule has 1 heterocycles. The topological polar surface area (TPSA) is 119 Å². The van der Waals surface area contributed by atoms with Crippen LogP contribution in [0, 0.1) is 6.92 Å². The minimum Gasteiger partial charge on any atom is -0.378 e. The molecule has 9 nitrogen and oxygen atoms in total. The molecule has 0 aliphatic heterocycles. The number of hydrogen-bond donors (Lipinski definition) is 4. The molecule has 0 fully saturated rings. The molecule has 5 N–H and O–H groups in total. The monoisotopic (exact) mass is 451 g/mol. The maximum Gasteiger partial charge on any atom is 0.229 e. The molecule has 2 aromatic carbocycles. The molecular weight excluding hydrogens is 418 g/mol. The summed E-state index contributed by atoms with van der Waals surface area (Å²) in [5.74, 6) is 1.48. The summed E-state index contributed by atoms with van der Waals surface area (Å²) in [6.45, 7) is 6.50. The van der Waals surface area contributed by atoms with Gasteiger partial charge in [-0.2, -0.15) is 15.0 Å². The van der Waals surface area contributed by atoms with Gasteiger partial charge in [0, 0.05) is 26.2 Å². The Balaban J connectivity index is 1.56. The first-order valence-corrected chi connectivity index (χ1v) is 11.2. The van der Waals surface area contributed by atoms with Crippen LogP contribution in [-0.2, 0) is 22.6 Å². The quantitative estimate of drug-likeness (QED) is 0.259. The van der Waals surface area contributed by atoms with E-state index in [0.29, 0.717) is 70.5 Å². The molecule has 0 bridgehead atoms. The van der Waals surface area contributed by atoms with Crippen molar-refractivity contribution in [3.8, 4) is 0 Å². The Morgan fingerprint density at radius 3 is 1.82 bits per heavy atom. The Bertz CT molecular complexity index is 939. The van der Waals surface area contributed by atoms with Gasteiger partial charge in [-0.25, -0.2) is 0 Å². The second-order valence-corrected chi connectivity index (χ2v) is 7.42. The summed E-state index contributed by atoms with van der Waals surface area (Å²) >= 11 is 0. The summed E-state index contributed by atoms with van der Waals surface area (Å²) in [5.41, 5.74) is 8.91. The fourth-order valence-electron chi connectivity index (χ4n) is 2.92. The molecule has 3 aromatic rings. The van der Waals surface area contributed by atoms with Crippen LogP contribution >= 0.6 is 0 Å². The van der Waals surface area contributed by atoms with Crippen molar-refractivity contribution in [2.75, 3.05) is 55.5 Å². The number of nitrogens with two attached hydrogens (primary N) is 1. The van der Waals surface area contributed by atoms with E-state index in [1.807, 2.05) is 18.2 Å². The third-order valence-corrected chi connectivity index (χ3v) is 4.66. The average molecular weight is 452 g/mol. The number of aryl methyl sites for hydroxylation is 1. The average Bonchev–Trinajstić information content (AvgIpc) is 2.85. The second-order valence-electron chi connectivity index (χ2n) is 7.42. The predicted octanol–water partition coefficient (Wildman–Crippen LogP) is 2.81. The normalized spacial score (nSPS) is 10.7. The second kappa shape index (κ2) is 14.0. The van der Waals surface area contributed by atoms with Gasteiger partial charge in [0.2, 0.25) is 17.8 Å². The van der Waals surface area contributed by atoms with E-state index in [1.54, 1.807) is 0 Å². The van der Waals surface area contributed by atoms with Crippen molar-refractivity contribution in [3.05, 3.63) is 71.3 Å². The zero-order chi connectivity index (χ0) is 23.1. The van der Waals surface area contributed by atoms with Crippen LogP contribution in [0.1, 0.15) is 16.7 Å². The fraction of sp³-hybridized carbons (Fsp3) is 0.375. The maximum absolute atomic E-state index is 5.55. The number of benzene rings is 2. The molecule has 0 unspecified atom stereocenters. The van der Waals surface area contributed by atoms with Crippen LogP contribution in [0.5, 0.6) is 0 Å². The van der Waals surface area contributed by atoms with Crippen LogP contribution in [0.2, 0.25) is 0 Å². The maximum atomic E-state index is 5.55. The Morgan fingerprint density at radius 2 is 1.21 bits per heavy atom. The largest absolute Gasteiger partial charge is 0.378 e. The van der Waals surface area contributed by atoms with Crippen molar-refractivity contribution < 1.29 is 9.47 Å². The summed E-state index contributed by atoms with van der Waals surface area (Å²) in [5, 5.41) is 9.77. The van der Waals surface area contributed by atoms with Gasteiger partial charge in [0.05, 0.1) is 26.4 Å². The Hall–Kier alpha value is -3.27. The minimum absolute atomic E-state index is 0.481. The van der Waals surface area contributed by atoms with Gasteiger partial charge in [0.15, 0.2) is 0 Å². The Morgan fingerprint density at radius 1 is 0.667 bits per heavy atom. The molecule has 0 saturated heterocycles. The summed E-state index contributed by atoms with van der Waals surface area (Å²) in [4.78, 5) is 13.5. The van der Waals surface area contributed by atoms with E-state index in [2.05, 4.69) is 74.2 Å². The van der Waals surface area contributed by atoms with Gasteiger partial charge in [-0.3, -0.25) is 0 Å². The Kier molecular flexibility index (Phi) is 10.3. The van der Waals surface area contributed by atoms with Crippen molar-refractivity contribution in [1.82, 2.24) is 15.0 Å². The molecule has 0 atom stereocenters. The molecule has 176 valence electrons. The molecule has 0 aliphatic rings. The zero-order valence-corrected chi connectivity index (χ0v) is 19.1. The fourth-order valence-corrected chi connectivity index (χ4v) is 2.92. The molecule has 0 amide bonds. The third-order valence-electron chi connectivity index (χ3n) is 4.66. The highest BCUT2D eigenvalue weighted by molar-refractivity contribution is 5.43. The van der Waals surface area contributed by atoms with Gasteiger partial charge in [0.25, 0.3) is 0 Å². The van der Waals surface area contributed by atoms with Crippen LogP contribution in [0.15, 0.2) is 54.6 Å². The van der Waals surface area contributed by atoms with Crippen molar-refractivity contribution in [2.24, 2.45) is 5.73 Å². The first-order valence-electron chi connectivity index (χ1n) is 11.2. The number of ether oxygens (including phenoxy) is 2. The first-order chi connectivity index (χ1) is 16.2. The van der Waals surface area contributed by atoms with Crippen LogP contribution in [0.3, 0.4) is 0 Å². The minimum atomic E-state index is 0.481. The van der Waals surface area contributed by atoms with Gasteiger partial charge in [-0.1, -0.05) is 60.2 Å². The number of nitrogens with one attached hydrogen (secondary N) is 3. The smallest absolute Gasteiger partial charge is 0.229 e. The number of anilines is 3. The van der Waals surface area contributed by atoms with Crippen molar-refractivity contribution in [3.63, 3.8) is 0 Å². The first kappa shape index (κ1) is 24.4. The van der Waals surface area contributed by atoms with E-state index in [9.17, 15) is 0 Å². The lowest BCUT2D eigenvalue weighted by Crippen LogP contribution is -2.17. The Labute approximate surface area is 195 Å². The van der Waals surface area contributed by atoms with E-state index in [-0.39, 0.29) is 0 Å². The number of aromatic nitrogens is 3. The van der Waals surface area contributed by atoms with Crippen LogP contribution in [-0.4, -0.2) is 54.5 Å². The number of hydrogen-bond acceptors (Lipinski definition) is 9. The van der Waals surface area contributed by atoms with Crippen molar-refractivity contribution in [1.29, 1.82) is 0 Å². The van der Waals surface area contributed by atoms with E-state index in [0.717, 1.165) is 11.1 Å². The summed E-state index contributed by atoms with van der Waals surface area (Å²) in [6.07, 6.45) is 0. The van der Waals surface area contributed by atoms with E-state index in [1.165, 1.54) is 5.56 Å². The highest BCUT2D eigenvalue weighted by Gasteiger charge is 2.07. The lowest BCUT2D eigenvalue weighted by Gasteiger charge is -2.12. The van der Waals surface area contributed by atoms with E-state index >= 15 is 0 Å². The van der Waals surface area contributed by atoms with Gasteiger partial charge in [-0.15, -0.1) is 0 Å². The van der Waals surface area contributed by atoms with Crippen LogP contribution in [0.25, 0.3) is 0 Å². The zero-order valence-electron chi connectivity index (χ0n) is 19.1. The van der Waals surface area contributed by atoms with E-state index < -0.39 is 0 Å². The molecule has 1 aromatic heterocycles. The SMILES string of the molecule is Cc1ccc(CNc2nc(NCCOCCOCCN)nc(NCc3ccccc3)n2)cc1. The summed E-state index contributed by atoms with van der Waals surface area (Å²) in [7, 11) is 0. The van der Waals surface area contributed by atoms with Gasteiger partial charge < -0.3 is 31.2 Å². The lowest BCUT2D eigenvalue weighted by molar-refractivity contribution is 0.0547. The molecular formula is C24H33N7O2. The highest BCUT2D eigenvalue weighted by Crippen LogP contribution is 2.12. The molecule has 0 radical (unpaired) electrons. The lowest BCUT2D eigenvalue weighted by atomic mass is 10.1. The summed E-state index contributed by atoms with van der Waals surface area (Å²) in [6, 6.07) is 18.5. The predicted molar refractivity (Wildman–Crippen MR) is 131 cm³/mol. The van der Waals surface area contributed by atoms with Crippen LogP contribution in [0.4, 0.5) is 17.8 Å². The van der Waals surface area contributed by atoms with Gasteiger partial charge in [-0.05, 0) is 18.1 Å². The molecule has 3 rings (SSSR count). The number of rotatable bonds is 15. The van der Waals surface area contributed by atoms with Gasteiger partial charge >= 0.3 is 0 Å². The van der Waals surface area contributed by atoms with Crippen LogP contribution < -0.4 is 21.7 Å². The van der Waals surface area contributed by atoms with E-state index in [4.69, 9.17) is 15.2 Å². The standard InChI is InChI=1S/C24H33N7O2/c1-19-7-9-21(10-8-19)18-28-24-30-22(26-12-14-33-16-15-32-13-11-25)29-23(31-24)27-17-20-5-3-2-4-6-20/h2-10H,11-18,25H2,1H3,(H3,26,27,28,29,30,31). The summed E-state index contributed by atoms with van der Waals surface area (Å²) < 4.78 is 10.8. The molecule has 9 heteroatoms. The van der Waals surface area contributed by atoms with Gasteiger partial charge in [0.1, 0.15) is 0 Å². The molecule has 0 spiro atoms. The molecule has 0 saturated carbocycles. The molecule has 0 aliphatic carbocycles. The third kappa shape index (κ3) is 9.40.